The van der Waals surface area contributed by atoms with Crippen molar-refractivity contribution in [3.63, 3.8) is 0 Å². The molecular weight excluding hydrogens is 192 g/mol. The molecule has 5 heteroatoms. The third-order valence-corrected chi connectivity index (χ3v) is 1.52. The molecule has 0 bridgehead atoms. The number of hydrogen-bond acceptors (Lipinski definition) is 2. The zero-order valence-corrected chi connectivity index (χ0v) is 7.24. The molecule has 0 aliphatic carbocycles. The van der Waals surface area contributed by atoms with Crippen molar-refractivity contribution < 1.29 is 18.3 Å². The summed E-state index contributed by atoms with van der Waals surface area (Å²) in [6, 6.07) is 5.99. The minimum atomic E-state index is -2.57. The van der Waals surface area contributed by atoms with Crippen molar-refractivity contribution in [2.45, 2.75) is 6.43 Å². The number of amides is 1. The molecule has 3 nitrogen and oxygen atoms in total. The molecule has 0 unspecified atom stereocenters. The average Bonchev–Trinajstić information content (AvgIpc) is 2.15. The van der Waals surface area contributed by atoms with E-state index in [0.717, 1.165) is 0 Å². The van der Waals surface area contributed by atoms with E-state index in [1.54, 1.807) is 12.1 Å². The van der Waals surface area contributed by atoms with Crippen molar-refractivity contribution in [1.29, 1.82) is 0 Å². The van der Waals surface area contributed by atoms with Crippen LogP contribution in [0, 0.1) is 0 Å². The van der Waals surface area contributed by atoms with Gasteiger partial charge in [0.25, 0.3) is 12.3 Å². The fourth-order valence-corrected chi connectivity index (χ4v) is 0.949. The molecule has 1 amide bonds. The van der Waals surface area contributed by atoms with Gasteiger partial charge in [0.2, 0.25) is 0 Å². The van der Waals surface area contributed by atoms with E-state index in [1.165, 1.54) is 12.1 Å². The highest BCUT2D eigenvalue weighted by Gasteiger charge is 2.10. The number of benzene rings is 1. The molecule has 0 saturated carbocycles. The lowest BCUT2D eigenvalue weighted by Gasteiger charge is -2.08. The van der Waals surface area contributed by atoms with Gasteiger partial charge in [0, 0.05) is 0 Å². The lowest BCUT2D eigenvalue weighted by atomic mass is 10.2. The highest BCUT2D eigenvalue weighted by molar-refractivity contribution is 5.95. The predicted octanol–water partition coefficient (Wildman–Crippen LogP) is 1.43. The minimum absolute atomic E-state index is 0.0836. The van der Waals surface area contributed by atoms with Crippen molar-refractivity contribution in [2.24, 2.45) is 5.73 Å². The molecule has 0 atom stereocenters. The summed E-state index contributed by atoms with van der Waals surface area (Å²) in [5.41, 5.74) is 5.12. The molecule has 0 saturated heterocycles. The zero-order chi connectivity index (χ0) is 10.6. The molecule has 0 heterocycles. The number of carbonyl (C=O) groups is 1. The first kappa shape index (κ1) is 10.4. The largest absolute Gasteiger partial charge is 0.487 e. The van der Waals surface area contributed by atoms with Gasteiger partial charge in [-0.1, -0.05) is 12.1 Å². The van der Waals surface area contributed by atoms with Crippen LogP contribution in [-0.2, 0) is 0 Å². The molecule has 1 aromatic carbocycles. The molecule has 1 aromatic rings. The van der Waals surface area contributed by atoms with Gasteiger partial charge in [-0.25, -0.2) is 8.78 Å². The van der Waals surface area contributed by atoms with Crippen LogP contribution in [0.4, 0.5) is 8.78 Å². The summed E-state index contributed by atoms with van der Waals surface area (Å²) in [4.78, 5) is 10.8. The summed E-state index contributed by atoms with van der Waals surface area (Å²) in [5.74, 6) is -0.616. The SMILES string of the molecule is NC(=O)c1ccccc1OCC(F)F. The van der Waals surface area contributed by atoms with Gasteiger partial charge in [0.1, 0.15) is 12.4 Å². The standard InChI is InChI=1S/C9H9F2NO2/c10-8(11)5-14-7-4-2-1-3-6(7)9(12)13/h1-4,8H,5H2,(H2,12,13). The molecule has 0 aromatic heterocycles. The van der Waals surface area contributed by atoms with Gasteiger partial charge in [-0.2, -0.15) is 0 Å². The highest BCUT2D eigenvalue weighted by atomic mass is 19.3. The lowest BCUT2D eigenvalue weighted by molar-refractivity contribution is 0.0801. The summed E-state index contributed by atoms with van der Waals surface area (Å²) in [7, 11) is 0. The Hall–Kier alpha value is -1.65. The zero-order valence-electron chi connectivity index (χ0n) is 7.24. The number of ether oxygens (including phenoxy) is 1. The normalized spacial score (nSPS) is 10.2. The van der Waals surface area contributed by atoms with Gasteiger partial charge in [-0.15, -0.1) is 0 Å². The summed E-state index contributed by atoms with van der Waals surface area (Å²) < 4.78 is 28.3. The number of hydrogen-bond donors (Lipinski definition) is 1. The Morgan fingerprint density at radius 2 is 2.07 bits per heavy atom. The van der Waals surface area contributed by atoms with Crippen LogP contribution >= 0.6 is 0 Å². The quantitative estimate of drug-likeness (QED) is 0.801. The van der Waals surface area contributed by atoms with Crippen LogP contribution in [0.5, 0.6) is 5.75 Å². The molecule has 0 aliphatic heterocycles. The summed E-state index contributed by atoms with van der Waals surface area (Å²) in [5, 5.41) is 0. The second kappa shape index (κ2) is 4.55. The monoisotopic (exact) mass is 201 g/mol. The average molecular weight is 201 g/mol. The molecule has 0 fully saturated rings. The van der Waals surface area contributed by atoms with Gasteiger partial charge in [0.15, 0.2) is 0 Å². The van der Waals surface area contributed by atoms with Gasteiger partial charge in [-0.05, 0) is 12.1 Å². The lowest BCUT2D eigenvalue weighted by Crippen LogP contribution is -2.15. The van der Waals surface area contributed by atoms with Crippen molar-refractivity contribution in [3.05, 3.63) is 29.8 Å². The van der Waals surface area contributed by atoms with Crippen molar-refractivity contribution >= 4 is 5.91 Å². The number of rotatable bonds is 4. The van der Waals surface area contributed by atoms with E-state index in [1.807, 2.05) is 0 Å². The Kier molecular flexibility index (Phi) is 3.39. The van der Waals surface area contributed by atoms with E-state index >= 15 is 0 Å². The molecule has 14 heavy (non-hydrogen) atoms. The fourth-order valence-electron chi connectivity index (χ4n) is 0.949. The molecule has 0 aliphatic rings. The van der Waals surface area contributed by atoms with Crippen LogP contribution in [0.2, 0.25) is 0 Å². The van der Waals surface area contributed by atoms with E-state index in [-0.39, 0.29) is 11.3 Å². The molecule has 0 radical (unpaired) electrons. The van der Waals surface area contributed by atoms with Crippen LogP contribution in [0.3, 0.4) is 0 Å². The highest BCUT2D eigenvalue weighted by Crippen LogP contribution is 2.17. The van der Waals surface area contributed by atoms with Crippen molar-refractivity contribution in [1.82, 2.24) is 0 Å². The van der Waals surface area contributed by atoms with Crippen molar-refractivity contribution in [2.75, 3.05) is 6.61 Å². The molecule has 76 valence electrons. The fraction of sp³-hybridized carbons (Fsp3) is 0.222. The maximum Gasteiger partial charge on any atom is 0.272 e. The number of halogens is 2. The smallest absolute Gasteiger partial charge is 0.272 e. The second-order valence-corrected chi connectivity index (χ2v) is 2.56. The summed E-state index contributed by atoms with van der Waals surface area (Å²) >= 11 is 0. The van der Waals surface area contributed by atoms with Crippen LogP contribution in [0.1, 0.15) is 10.4 Å². The van der Waals surface area contributed by atoms with Crippen LogP contribution in [-0.4, -0.2) is 18.9 Å². The van der Waals surface area contributed by atoms with E-state index in [9.17, 15) is 13.6 Å². The number of primary amides is 1. The van der Waals surface area contributed by atoms with Crippen molar-refractivity contribution in [3.8, 4) is 5.75 Å². The number of alkyl halides is 2. The Morgan fingerprint density at radius 3 is 2.64 bits per heavy atom. The van der Waals surface area contributed by atoms with E-state index in [0.29, 0.717) is 0 Å². The Balaban J connectivity index is 2.79. The molecular formula is C9H9F2NO2. The van der Waals surface area contributed by atoms with E-state index in [2.05, 4.69) is 0 Å². The van der Waals surface area contributed by atoms with Gasteiger partial charge in [-0.3, -0.25) is 4.79 Å². The van der Waals surface area contributed by atoms with E-state index in [4.69, 9.17) is 10.5 Å². The Morgan fingerprint density at radius 1 is 1.43 bits per heavy atom. The minimum Gasteiger partial charge on any atom is -0.487 e. The maximum atomic E-state index is 11.8. The van der Waals surface area contributed by atoms with Crippen LogP contribution in [0.15, 0.2) is 24.3 Å². The van der Waals surface area contributed by atoms with Gasteiger partial charge in [0.05, 0.1) is 5.56 Å². The first-order valence-corrected chi connectivity index (χ1v) is 3.91. The Labute approximate surface area is 79.5 Å². The van der Waals surface area contributed by atoms with Gasteiger partial charge >= 0.3 is 0 Å². The van der Waals surface area contributed by atoms with E-state index < -0.39 is 18.9 Å². The van der Waals surface area contributed by atoms with Crippen LogP contribution < -0.4 is 10.5 Å². The van der Waals surface area contributed by atoms with Crippen LogP contribution in [0.25, 0.3) is 0 Å². The molecule has 2 N–H and O–H groups in total. The maximum absolute atomic E-state index is 11.8. The number of carbonyl (C=O) groups excluding carboxylic acids is 1. The Bertz CT molecular complexity index is 328. The topological polar surface area (TPSA) is 52.3 Å². The third kappa shape index (κ3) is 2.69. The first-order chi connectivity index (χ1) is 6.61. The summed E-state index contributed by atoms with van der Waals surface area (Å²) in [6.45, 7) is -0.746. The summed E-state index contributed by atoms with van der Waals surface area (Å²) in [6.07, 6.45) is -2.57. The third-order valence-electron chi connectivity index (χ3n) is 1.52. The molecule has 0 spiro atoms. The predicted molar refractivity (Wildman–Crippen MR) is 46.5 cm³/mol. The number of para-hydroxylation sites is 1. The number of nitrogens with two attached hydrogens (primary N) is 1. The van der Waals surface area contributed by atoms with Gasteiger partial charge < -0.3 is 10.5 Å². The second-order valence-electron chi connectivity index (χ2n) is 2.56. The molecule has 1 rings (SSSR count). The first-order valence-electron chi connectivity index (χ1n) is 3.91.